The average Bonchev–Trinajstić information content (AvgIpc) is 3.19. The van der Waals surface area contributed by atoms with E-state index in [1.165, 1.54) is 5.56 Å². The normalized spacial score (nSPS) is 23.5. The molecule has 6 heteroatoms. The van der Waals surface area contributed by atoms with Crippen molar-refractivity contribution < 1.29 is 24.4 Å². The van der Waals surface area contributed by atoms with E-state index in [1.807, 2.05) is 24.3 Å². The molecule has 2 atom stereocenters. The summed E-state index contributed by atoms with van der Waals surface area (Å²) in [7, 11) is 0. The minimum absolute atomic E-state index is 0.253. The maximum absolute atomic E-state index is 9.97. The average molecular weight is 355 g/mol. The number of rotatable bonds is 3. The van der Waals surface area contributed by atoms with Gasteiger partial charge in [0.1, 0.15) is 25.6 Å². The van der Waals surface area contributed by atoms with Gasteiger partial charge in [-0.3, -0.25) is 0 Å². The Morgan fingerprint density at radius 2 is 1.77 bits per heavy atom. The van der Waals surface area contributed by atoms with Gasteiger partial charge in [-0.15, -0.1) is 0 Å². The van der Waals surface area contributed by atoms with Gasteiger partial charge in [-0.25, -0.2) is 0 Å². The summed E-state index contributed by atoms with van der Waals surface area (Å²) in [6.07, 6.45) is -0.778. The molecule has 2 aromatic rings. The van der Waals surface area contributed by atoms with Gasteiger partial charge in [-0.05, 0) is 17.7 Å². The number of ether oxygens (including phenoxy) is 3. The Balaban J connectivity index is 1.61. The molecule has 26 heavy (non-hydrogen) atoms. The molecule has 0 bridgehead atoms. The first kappa shape index (κ1) is 15.8. The molecular formula is C20H21NO5. The molecule has 0 saturated carbocycles. The van der Waals surface area contributed by atoms with E-state index in [4.69, 9.17) is 14.2 Å². The van der Waals surface area contributed by atoms with E-state index in [9.17, 15) is 10.2 Å². The number of hydrogen-bond donors (Lipinski definition) is 2. The Bertz CT molecular complexity index is 854. The molecule has 1 spiro atoms. The maximum Gasteiger partial charge on any atom is 0.165 e. The van der Waals surface area contributed by atoms with Gasteiger partial charge in [0.15, 0.2) is 11.5 Å². The molecule has 5 rings (SSSR count). The number of β-amino-alcohol motifs (C(OH)–C–C–N with tert-alkyl or cyclic N) is 1. The summed E-state index contributed by atoms with van der Waals surface area (Å²) in [6, 6.07) is 12.2. The Morgan fingerprint density at radius 1 is 1.00 bits per heavy atom. The van der Waals surface area contributed by atoms with Crippen LogP contribution in [0.25, 0.3) is 0 Å². The molecule has 6 nitrogen and oxygen atoms in total. The largest absolute Gasteiger partial charge is 0.492 e. The first-order chi connectivity index (χ1) is 12.7. The fraction of sp³-hybridized carbons (Fsp3) is 0.400. The molecule has 3 heterocycles. The van der Waals surface area contributed by atoms with E-state index in [2.05, 4.69) is 17.0 Å². The quantitative estimate of drug-likeness (QED) is 0.865. The third kappa shape index (κ3) is 2.19. The zero-order valence-electron chi connectivity index (χ0n) is 14.4. The number of anilines is 1. The third-order valence-electron chi connectivity index (χ3n) is 5.50. The zero-order chi connectivity index (χ0) is 17.7. The van der Waals surface area contributed by atoms with Gasteiger partial charge in [0.05, 0.1) is 18.1 Å². The van der Waals surface area contributed by atoms with Gasteiger partial charge >= 0.3 is 0 Å². The molecule has 3 aliphatic rings. The lowest BCUT2D eigenvalue weighted by atomic mass is 9.77. The molecule has 2 aromatic carbocycles. The van der Waals surface area contributed by atoms with Gasteiger partial charge in [-0.2, -0.15) is 0 Å². The van der Waals surface area contributed by atoms with Crippen molar-refractivity contribution in [2.75, 3.05) is 44.4 Å². The SMILES string of the molecule is OC[C@@H](O)CN1CC2(COc3cc4c(cc32)OCCO4)c2ccccc21. The zero-order valence-corrected chi connectivity index (χ0v) is 14.4. The number of para-hydroxylation sites is 1. The molecule has 136 valence electrons. The molecule has 0 fully saturated rings. The van der Waals surface area contributed by atoms with Crippen molar-refractivity contribution in [2.24, 2.45) is 0 Å². The van der Waals surface area contributed by atoms with E-state index >= 15 is 0 Å². The van der Waals surface area contributed by atoms with Crippen molar-refractivity contribution in [3.05, 3.63) is 47.5 Å². The molecular weight excluding hydrogens is 334 g/mol. The smallest absolute Gasteiger partial charge is 0.165 e. The highest BCUT2D eigenvalue weighted by atomic mass is 16.6. The summed E-state index contributed by atoms with van der Waals surface area (Å²) < 4.78 is 17.5. The van der Waals surface area contributed by atoms with Gasteiger partial charge in [0.25, 0.3) is 0 Å². The maximum atomic E-state index is 9.97. The van der Waals surface area contributed by atoms with Crippen LogP contribution in [0.2, 0.25) is 0 Å². The number of aliphatic hydroxyl groups excluding tert-OH is 2. The Hall–Kier alpha value is -2.44. The standard InChI is InChI=1S/C20H21NO5/c22-10-13(23)9-21-11-20(14-3-1-2-4-16(14)21)12-26-17-8-19-18(7-15(17)20)24-5-6-25-19/h1-4,7-8,13,22-23H,5-6,9-12H2/t13-,20?/m0/s1. The molecule has 1 unspecified atom stereocenters. The van der Waals surface area contributed by atoms with E-state index in [0.717, 1.165) is 28.5 Å². The Labute approximate surface area is 151 Å². The minimum Gasteiger partial charge on any atom is -0.492 e. The summed E-state index contributed by atoms with van der Waals surface area (Å²) in [5.41, 5.74) is 3.04. The minimum atomic E-state index is -0.778. The van der Waals surface area contributed by atoms with Crippen LogP contribution in [0.3, 0.4) is 0 Å². The van der Waals surface area contributed by atoms with E-state index in [-0.39, 0.29) is 12.0 Å². The predicted octanol–water partition coefficient (Wildman–Crippen LogP) is 1.31. The number of nitrogens with zero attached hydrogens (tertiary/aromatic N) is 1. The van der Waals surface area contributed by atoms with Crippen LogP contribution in [0.4, 0.5) is 5.69 Å². The summed E-state index contributed by atoms with van der Waals surface area (Å²) in [4.78, 5) is 2.13. The number of aliphatic hydroxyl groups is 2. The Morgan fingerprint density at radius 3 is 2.58 bits per heavy atom. The van der Waals surface area contributed by atoms with Crippen LogP contribution in [0.1, 0.15) is 11.1 Å². The number of benzene rings is 2. The number of fused-ring (bicyclic) bond motifs is 5. The topological polar surface area (TPSA) is 71.4 Å². The highest BCUT2D eigenvalue weighted by molar-refractivity contribution is 5.70. The van der Waals surface area contributed by atoms with Crippen LogP contribution in [0.5, 0.6) is 17.2 Å². The van der Waals surface area contributed by atoms with E-state index in [1.54, 1.807) is 0 Å². The van der Waals surface area contributed by atoms with Gasteiger partial charge < -0.3 is 29.3 Å². The predicted molar refractivity (Wildman–Crippen MR) is 95.5 cm³/mol. The monoisotopic (exact) mass is 355 g/mol. The summed E-state index contributed by atoms with van der Waals surface area (Å²) in [5.74, 6) is 2.31. The summed E-state index contributed by atoms with van der Waals surface area (Å²) in [6.45, 7) is 2.45. The van der Waals surface area contributed by atoms with Gasteiger partial charge in [0, 0.05) is 30.4 Å². The summed E-state index contributed by atoms with van der Waals surface area (Å²) in [5, 5.41) is 19.2. The highest BCUT2D eigenvalue weighted by Gasteiger charge is 2.50. The van der Waals surface area contributed by atoms with Crippen LogP contribution in [0, 0.1) is 0 Å². The fourth-order valence-electron chi connectivity index (χ4n) is 4.32. The molecule has 2 N–H and O–H groups in total. The summed E-state index contributed by atoms with van der Waals surface area (Å²) >= 11 is 0. The van der Waals surface area contributed by atoms with Crippen LogP contribution in [0.15, 0.2) is 36.4 Å². The fourth-order valence-corrected chi connectivity index (χ4v) is 4.32. The second-order valence-electron chi connectivity index (χ2n) is 7.10. The first-order valence-corrected chi connectivity index (χ1v) is 8.91. The van der Waals surface area contributed by atoms with Gasteiger partial charge in [-0.1, -0.05) is 18.2 Å². The molecule has 3 aliphatic heterocycles. The lowest BCUT2D eigenvalue weighted by Crippen LogP contribution is -2.40. The van der Waals surface area contributed by atoms with Crippen LogP contribution >= 0.6 is 0 Å². The molecule has 0 radical (unpaired) electrons. The van der Waals surface area contributed by atoms with Crippen molar-refractivity contribution in [3.63, 3.8) is 0 Å². The van der Waals surface area contributed by atoms with Crippen molar-refractivity contribution in [1.82, 2.24) is 0 Å². The van der Waals surface area contributed by atoms with Crippen molar-refractivity contribution in [3.8, 4) is 17.2 Å². The van der Waals surface area contributed by atoms with E-state index < -0.39 is 6.10 Å². The second-order valence-corrected chi connectivity index (χ2v) is 7.10. The first-order valence-electron chi connectivity index (χ1n) is 8.91. The molecule has 0 aliphatic carbocycles. The van der Waals surface area contributed by atoms with Crippen LogP contribution in [-0.4, -0.2) is 55.8 Å². The molecule has 0 saturated heterocycles. The van der Waals surface area contributed by atoms with Crippen molar-refractivity contribution >= 4 is 5.69 Å². The lowest BCUT2D eigenvalue weighted by Gasteiger charge is -2.27. The van der Waals surface area contributed by atoms with E-state index in [0.29, 0.717) is 32.9 Å². The molecule has 0 amide bonds. The highest BCUT2D eigenvalue weighted by Crippen LogP contribution is 2.54. The lowest BCUT2D eigenvalue weighted by molar-refractivity contribution is 0.0996. The van der Waals surface area contributed by atoms with Crippen molar-refractivity contribution in [2.45, 2.75) is 11.5 Å². The van der Waals surface area contributed by atoms with Gasteiger partial charge in [0.2, 0.25) is 0 Å². The Kier molecular flexibility index (Phi) is 3.52. The number of hydrogen-bond acceptors (Lipinski definition) is 6. The van der Waals surface area contributed by atoms with Crippen molar-refractivity contribution in [1.29, 1.82) is 0 Å². The second kappa shape index (κ2) is 5.79. The molecule has 0 aromatic heterocycles. The third-order valence-corrected chi connectivity index (χ3v) is 5.50. The van der Waals surface area contributed by atoms with Crippen LogP contribution < -0.4 is 19.1 Å². The van der Waals surface area contributed by atoms with Crippen LogP contribution in [-0.2, 0) is 5.41 Å².